The van der Waals surface area contributed by atoms with Gasteiger partial charge < -0.3 is 20.0 Å². The summed E-state index contributed by atoms with van der Waals surface area (Å²) in [5.74, 6) is -1.01. The number of carbonyl (C=O) groups excluding carboxylic acids is 1. The lowest BCUT2D eigenvalue weighted by atomic mass is 10.1. The third kappa shape index (κ3) is 5.69. The Morgan fingerprint density at radius 1 is 1.58 bits per heavy atom. The number of ether oxygens (including phenoxy) is 1. The minimum atomic E-state index is -1.16. The predicted octanol–water partition coefficient (Wildman–Crippen LogP) is 0.395. The summed E-state index contributed by atoms with van der Waals surface area (Å²) in [5.41, 5.74) is -0.125. The van der Waals surface area contributed by atoms with Crippen molar-refractivity contribution in [1.29, 1.82) is 0 Å². The second kappa shape index (κ2) is 7.73. The standard InChI is InChI=1S/C12H20N2O5/c1-8(2)7-18-5-3-4-13-11(15)10-6-9(12(16)17)14-19-10/h8,10H,3-7H2,1-2H3,(H,13,15)(H,16,17). The van der Waals surface area contributed by atoms with Gasteiger partial charge in [0.25, 0.3) is 5.91 Å². The van der Waals surface area contributed by atoms with Crippen molar-refractivity contribution in [2.45, 2.75) is 32.8 Å². The second-order valence-electron chi connectivity index (χ2n) is 4.75. The van der Waals surface area contributed by atoms with Crippen molar-refractivity contribution in [2.75, 3.05) is 19.8 Å². The Labute approximate surface area is 111 Å². The lowest BCUT2D eigenvalue weighted by molar-refractivity contribution is -0.131. The minimum absolute atomic E-state index is 0.00498. The van der Waals surface area contributed by atoms with Gasteiger partial charge in [-0.05, 0) is 12.3 Å². The molecule has 0 aromatic rings. The van der Waals surface area contributed by atoms with Crippen LogP contribution in [0.5, 0.6) is 0 Å². The molecule has 108 valence electrons. The van der Waals surface area contributed by atoms with Crippen molar-refractivity contribution >= 4 is 17.6 Å². The smallest absolute Gasteiger partial charge is 0.353 e. The van der Waals surface area contributed by atoms with Gasteiger partial charge in [-0.1, -0.05) is 19.0 Å². The number of nitrogens with zero attached hydrogens (tertiary/aromatic N) is 1. The number of hydrogen-bond donors (Lipinski definition) is 2. The van der Waals surface area contributed by atoms with E-state index in [-0.39, 0.29) is 18.0 Å². The Morgan fingerprint density at radius 2 is 2.32 bits per heavy atom. The molecular formula is C12H20N2O5. The Kier molecular flexibility index (Phi) is 6.27. The molecule has 0 saturated carbocycles. The van der Waals surface area contributed by atoms with Crippen LogP contribution in [0.25, 0.3) is 0 Å². The van der Waals surface area contributed by atoms with Crippen LogP contribution in [0, 0.1) is 5.92 Å². The van der Waals surface area contributed by atoms with Gasteiger partial charge in [0.05, 0.1) is 0 Å². The molecule has 0 aromatic carbocycles. The topological polar surface area (TPSA) is 97.2 Å². The number of rotatable bonds is 8. The van der Waals surface area contributed by atoms with Gasteiger partial charge in [0.1, 0.15) is 0 Å². The van der Waals surface area contributed by atoms with Gasteiger partial charge in [-0.3, -0.25) is 4.79 Å². The van der Waals surface area contributed by atoms with Crippen LogP contribution in [0.1, 0.15) is 26.7 Å². The molecule has 7 nitrogen and oxygen atoms in total. The molecule has 0 fully saturated rings. The Morgan fingerprint density at radius 3 is 2.89 bits per heavy atom. The molecule has 1 atom stereocenters. The molecule has 1 amide bonds. The normalized spacial score (nSPS) is 18.1. The number of carboxylic acid groups (broad SMARTS) is 1. The summed E-state index contributed by atoms with van der Waals surface area (Å²) in [6.45, 7) is 5.90. The summed E-state index contributed by atoms with van der Waals surface area (Å²) >= 11 is 0. The van der Waals surface area contributed by atoms with E-state index in [4.69, 9.17) is 14.7 Å². The first kappa shape index (κ1) is 15.4. The molecule has 0 bridgehead atoms. The van der Waals surface area contributed by atoms with Crippen LogP contribution in [-0.4, -0.2) is 48.6 Å². The monoisotopic (exact) mass is 272 g/mol. The number of carboxylic acids is 1. The van der Waals surface area contributed by atoms with Crippen molar-refractivity contribution in [3.05, 3.63) is 0 Å². The van der Waals surface area contributed by atoms with Crippen LogP contribution in [0.3, 0.4) is 0 Å². The number of aliphatic carboxylic acids is 1. The summed E-state index contributed by atoms with van der Waals surface area (Å²) in [4.78, 5) is 27.0. The lowest BCUT2D eigenvalue weighted by Gasteiger charge is -2.10. The molecular weight excluding hydrogens is 252 g/mol. The zero-order chi connectivity index (χ0) is 14.3. The average Bonchev–Trinajstić information content (AvgIpc) is 2.82. The molecule has 19 heavy (non-hydrogen) atoms. The molecule has 1 unspecified atom stereocenters. The quantitative estimate of drug-likeness (QED) is 0.623. The summed E-state index contributed by atoms with van der Waals surface area (Å²) in [5, 5.41) is 14.7. The van der Waals surface area contributed by atoms with E-state index < -0.39 is 12.1 Å². The van der Waals surface area contributed by atoms with Gasteiger partial charge in [-0.15, -0.1) is 0 Å². The van der Waals surface area contributed by atoms with Crippen molar-refractivity contribution in [1.82, 2.24) is 5.32 Å². The first-order chi connectivity index (χ1) is 9.00. The molecule has 1 heterocycles. The maximum Gasteiger partial charge on any atom is 0.353 e. The van der Waals surface area contributed by atoms with Gasteiger partial charge in [0.15, 0.2) is 5.71 Å². The molecule has 0 radical (unpaired) electrons. The summed E-state index contributed by atoms with van der Waals surface area (Å²) < 4.78 is 5.37. The van der Waals surface area contributed by atoms with Gasteiger partial charge in [-0.2, -0.15) is 0 Å². The zero-order valence-corrected chi connectivity index (χ0v) is 11.2. The number of hydrogen-bond acceptors (Lipinski definition) is 5. The molecule has 1 rings (SSSR count). The highest BCUT2D eigenvalue weighted by atomic mass is 16.6. The predicted molar refractivity (Wildman–Crippen MR) is 67.8 cm³/mol. The number of amides is 1. The summed E-state index contributed by atoms with van der Waals surface area (Å²) in [7, 11) is 0. The Hall–Kier alpha value is -1.63. The van der Waals surface area contributed by atoms with Crippen LogP contribution >= 0.6 is 0 Å². The van der Waals surface area contributed by atoms with E-state index in [1.165, 1.54) is 0 Å². The fraction of sp³-hybridized carbons (Fsp3) is 0.750. The average molecular weight is 272 g/mol. The maximum absolute atomic E-state index is 11.6. The molecule has 2 N–H and O–H groups in total. The SMILES string of the molecule is CC(C)COCCCNC(=O)C1CC(C(=O)O)=NO1. The minimum Gasteiger partial charge on any atom is -0.477 e. The highest BCUT2D eigenvalue weighted by Crippen LogP contribution is 2.10. The van der Waals surface area contributed by atoms with E-state index in [1.807, 2.05) is 0 Å². The Bertz CT molecular complexity index is 354. The van der Waals surface area contributed by atoms with Crippen molar-refractivity contribution < 1.29 is 24.3 Å². The van der Waals surface area contributed by atoms with E-state index in [2.05, 4.69) is 24.3 Å². The van der Waals surface area contributed by atoms with Gasteiger partial charge >= 0.3 is 5.97 Å². The molecule has 0 spiro atoms. The van der Waals surface area contributed by atoms with E-state index in [9.17, 15) is 9.59 Å². The molecule has 0 aliphatic carbocycles. The number of oxime groups is 1. The Balaban J connectivity index is 2.08. The second-order valence-corrected chi connectivity index (χ2v) is 4.75. The third-order valence-electron chi connectivity index (χ3n) is 2.42. The van der Waals surface area contributed by atoms with Crippen molar-refractivity contribution in [3.63, 3.8) is 0 Å². The summed E-state index contributed by atoms with van der Waals surface area (Å²) in [6, 6.07) is 0. The fourth-order valence-electron chi connectivity index (χ4n) is 1.46. The zero-order valence-electron chi connectivity index (χ0n) is 11.2. The molecule has 0 aromatic heterocycles. The van der Waals surface area contributed by atoms with Crippen LogP contribution in [0.15, 0.2) is 5.16 Å². The molecule has 1 aliphatic heterocycles. The van der Waals surface area contributed by atoms with Crippen molar-refractivity contribution in [3.8, 4) is 0 Å². The molecule has 7 heteroatoms. The largest absolute Gasteiger partial charge is 0.477 e. The van der Waals surface area contributed by atoms with E-state index >= 15 is 0 Å². The number of carbonyl (C=O) groups is 2. The van der Waals surface area contributed by atoms with Crippen LogP contribution in [0.4, 0.5) is 0 Å². The summed E-state index contributed by atoms with van der Waals surface area (Å²) in [6.07, 6.45) is -0.120. The van der Waals surface area contributed by atoms with Crippen molar-refractivity contribution in [2.24, 2.45) is 11.1 Å². The van der Waals surface area contributed by atoms with E-state index in [0.717, 1.165) is 0 Å². The number of nitrogens with one attached hydrogen (secondary N) is 1. The van der Waals surface area contributed by atoms with Gasteiger partial charge in [-0.25, -0.2) is 4.79 Å². The molecule has 1 aliphatic rings. The van der Waals surface area contributed by atoms with E-state index in [0.29, 0.717) is 32.1 Å². The van der Waals surface area contributed by atoms with Gasteiger partial charge in [0, 0.05) is 26.2 Å². The highest BCUT2D eigenvalue weighted by molar-refractivity contribution is 6.36. The van der Waals surface area contributed by atoms with Gasteiger partial charge in [0.2, 0.25) is 6.10 Å². The van der Waals surface area contributed by atoms with Crippen LogP contribution in [-0.2, 0) is 19.2 Å². The van der Waals surface area contributed by atoms with E-state index in [1.54, 1.807) is 0 Å². The fourth-order valence-corrected chi connectivity index (χ4v) is 1.46. The van der Waals surface area contributed by atoms with Crippen LogP contribution in [0.2, 0.25) is 0 Å². The third-order valence-corrected chi connectivity index (χ3v) is 2.42. The lowest BCUT2D eigenvalue weighted by Crippen LogP contribution is -2.36. The first-order valence-corrected chi connectivity index (χ1v) is 6.32. The van der Waals surface area contributed by atoms with Crippen LogP contribution < -0.4 is 5.32 Å². The highest BCUT2D eigenvalue weighted by Gasteiger charge is 2.31. The first-order valence-electron chi connectivity index (χ1n) is 6.32. The maximum atomic E-state index is 11.6. The molecule has 0 saturated heterocycles.